The number of ketones is 1. The standard InChI is InChI=1S/C19H17F3O/c1-13(2)15-6-8-16(9-7-15)18(23)12-5-14-3-10-17(11-4-14)19(20,21)22/h3-13H,1-2H3/b12-5+. The molecule has 0 spiro atoms. The molecule has 4 heteroatoms. The Balaban J connectivity index is 2.08. The molecule has 0 saturated carbocycles. The Morgan fingerprint density at radius 1 is 0.957 bits per heavy atom. The second-order valence-corrected chi connectivity index (χ2v) is 5.59. The molecule has 0 radical (unpaired) electrons. The highest BCUT2D eigenvalue weighted by molar-refractivity contribution is 6.06. The van der Waals surface area contributed by atoms with Crippen LogP contribution in [0.2, 0.25) is 0 Å². The van der Waals surface area contributed by atoms with Gasteiger partial charge in [0.05, 0.1) is 5.56 Å². The molecule has 0 unspecified atom stereocenters. The molecule has 0 heterocycles. The number of benzene rings is 2. The molecule has 0 aliphatic carbocycles. The molecule has 0 aliphatic rings. The maximum Gasteiger partial charge on any atom is 0.416 e. The summed E-state index contributed by atoms with van der Waals surface area (Å²) in [6.07, 6.45) is -1.47. The molecule has 23 heavy (non-hydrogen) atoms. The molecule has 1 nitrogen and oxygen atoms in total. The van der Waals surface area contributed by atoms with Crippen LogP contribution in [-0.2, 0) is 6.18 Å². The predicted molar refractivity (Wildman–Crippen MR) is 85.3 cm³/mol. The van der Waals surface area contributed by atoms with E-state index in [0.717, 1.165) is 17.7 Å². The Bertz CT molecular complexity index is 693. The summed E-state index contributed by atoms with van der Waals surface area (Å²) in [7, 11) is 0. The van der Waals surface area contributed by atoms with Crippen LogP contribution in [0.3, 0.4) is 0 Å². The number of hydrogen-bond acceptors (Lipinski definition) is 1. The van der Waals surface area contributed by atoms with Gasteiger partial charge >= 0.3 is 6.18 Å². The average Bonchev–Trinajstić information content (AvgIpc) is 2.52. The van der Waals surface area contributed by atoms with E-state index >= 15 is 0 Å². The fourth-order valence-corrected chi connectivity index (χ4v) is 2.08. The zero-order chi connectivity index (χ0) is 17.0. The van der Waals surface area contributed by atoms with Crippen molar-refractivity contribution in [2.75, 3.05) is 0 Å². The lowest BCUT2D eigenvalue weighted by Gasteiger charge is -2.06. The van der Waals surface area contributed by atoms with Gasteiger partial charge < -0.3 is 0 Å². The molecule has 0 bridgehead atoms. The van der Waals surface area contributed by atoms with E-state index < -0.39 is 11.7 Å². The minimum atomic E-state index is -4.35. The lowest BCUT2D eigenvalue weighted by Crippen LogP contribution is -2.04. The van der Waals surface area contributed by atoms with E-state index in [1.54, 1.807) is 12.1 Å². The van der Waals surface area contributed by atoms with Crippen molar-refractivity contribution in [2.45, 2.75) is 25.9 Å². The molecule has 0 N–H and O–H groups in total. The van der Waals surface area contributed by atoms with Crippen LogP contribution in [0.15, 0.2) is 54.6 Å². The SMILES string of the molecule is CC(C)c1ccc(C(=O)/C=C/c2ccc(C(F)(F)F)cc2)cc1. The van der Waals surface area contributed by atoms with Crippen molar-refractivity contribution >= 4 is 11.9 Å². The number of hydrogen-bond donors (Lipinski definition) is 0. The first kappa shape index (κ1) is 17.0. The highest BCUT2D eigenvalue weighted by Crippen LogP contribution is 2.29. The first-order valence-corrected chi connectivity index (χ1v) is 7.27. The molecule has 2 aromatic rings. The first-order chi connectivity index (χ1) is 10.8. The summed E-state index contributed by atoms with van der Waals surface area (Å²) in [5.74, 6) is 0.210. The van der Waals surface area contributed by atoms with Gasteiger partial charge in [0.25, 0.3) is 0 Å². The lowest BCUT2D eigenvalue weighted by atomic mass is 10.0. The van der Waals surface area contributed by atoms with E-state index in [0.29, 0.717) is 17.0 Å². The van der Waals surface area contributed by atoms with Crippen LogP contribution in [-0.4, -0.2) is 5.78 Å². The first-order valence-electron chi connectivity index (χ1n) is 7.27. The summed E-state index contributed by atoms with van der Waals surface area (Å²) in [5, 5.41) is 0. The van der Waals surface area contributed by atoms with Gasteiger partial charge in [0.1, 0.15) is 0 Å². The summed E-state index contributed by atoms with van der Waals surface area (Å²) in [5.41, 5.74) is 1.54. The minimum absolute atomic E-state index is 0.180. The van der Waals surface area contributed by atoms with Crippen molar-refractivity contribution in [3.63, 3.8) is 0 Å². The van der Waals surface area contributed by atoms with Crippen molar-refractivity contribution in [3.05, 3.63) is 76.9 Å². The molecule has 0 saturated heterocycles. The number of rotatable bonds is 4. The normalized spacial score (nSPS) is 12.1. The third-order valence-electron chi connectivity index (χ3n) is 3.53. The van der Waals surface area contributed by atoms with Crippen LogP contribution in [0.4, 0.5) is 13.2 Å². The van der Waals surface area contributed by atoms with Gasteiger partial charge in [0.15, 0.2) is 5.78 Å². The highest BCUT2D eigenvalue weighted by atomic mass is 19.4. The Morgan fingerprint density at radius 2 is 1.52 bits per heavy atom. The fraction of sp³-hybridized carbons (Fsp3) is 0.211. The number of halogens is 3. The molecular formula is C19H17F3O. The minimum Gasteiger partial charge on any atom is -0.289 e. The zero-order valence-corrected chi connectivity index (χ0v) is 12.9. The quantitative estimate of drug-likeness (QED) is 0.520. The van der Waals surface area contributed by atoms with Crippen LogP contribution in [0.25, 0.3) is 6.08 Å². The fourth-order valence-electron chi connectivity index (χ4n) is 2.08. The molecule has 0 amide bonds. The number of alkyl halides is 3. The van der Waals surface area contributed by atoms with Gasteiger partial charge in [-0.3, -0.25) is 4.79 Å². The molecule has 0 aromatic heterocycles. The predicted octanol–water partition coefficient (Wildman–Crippen LogP) is 5.72. The van der Waals surface area contributed by atoms with E-state index in [1.165, 1.54) is 24.3 Å². The van der Waals surface area contributed by atoms with Gasteiger partial charge in [-0.05, 0) is 35.3 Å². The topological polar surface area (TPSA) is 17.1 Å². The second kappa shape index (κ2) is 6.82. The largest absolute Gasteiger partial charge is 0.416 e. The Kier molecular flexibility index (Phi) is 5.04. The molecule has 2 aromatic carbocycles. The van der Waals surface area contributed by atoms with Crippen LogP contribution < -0.4 is 0 Å². The van der Waals surface area contributed by atoms with Gasteiger partial charge in [-0.15, -0.1) is 0 Å². The van der Waals surface area contributed by atoms with Crippen LogP contribution in [0.1, 0.15) is 46.8 Å². The summed E-state index contributed by atoms with van der Waals surface area (Å²) >= 11 is 0. The van der Waals surface area contributed by atoms with Gasteiger partial charge in [-0.1, -0.05) is 56.3 Å². The maximum atomic E-state index is 12.5. The Morgan fingerprint density at radius 3 is 2.00 bits per heavy atom. The number of carbonyl (C=O) groups is 1. The van der Waals surface area contributed by atoms with Crippen molar-refractivity contribution < 1.29 is 18.0 Å². The van der Waals surface area contributed by atoms with E-state index in [4.69, 9.17) is 0 Å². The van der Waals surface area contributed by atoms with Crippen LogP contribution >= 0.6 is 0 Å². The summed E-state index contributed by atoms with van der Waals surface area (Å²) in [6.45, 7) is 4.14. The Hall–Kier alpha value is -2.36. The van der Waals surface area contributed by atoms with Crippen molar-refractivity contribution in [1.29, 1.82) is 0 Å². The smallest absolute Gasteiger partial charge is 0.289 e. The van der Waals surface area contributed by atoms with E-state index in [9.17, 15) is 18.0 Å². The summed E-state index contributed by atoms with van der Waals surface area (Å²) in [4.78, 5) is 12.1. The van der Waals surface area contributed by atoms with Crippen molar-refractivity contribution in [1.82, 2.24) is 0 Å². The zero-order valence-electron chi connectivity index (χ0n) is 12.9. The van der Waals surface area contributed by atoms with Crippen LogP contribution in [0.5, 0.6) is 0 Å². The second-order valence-electron chi connectivity index (χ2n) is 5.59. The van der Waals surface area contributed by atoms with Gasteiger partial charge in [0.2, 0.25) is 0 Å². The lowest BCUT2D eigenvalue weighted by molar-refractivity contribution is -0.137. The molecule has 0 fully saturated rings. The van der Waals surface area contributed by atoms with Crippen molar-refractivity contribution in [2.24, 2.45) is 0 Å². The molecule has 2 rings (SSSR count). The monoisotopic (exact) mass is 318 g/mol. The van der Waals surface area contributed by atoms with Gasteiger partial charge in [-0.2, -0.15) is 13.2 Å². The van der Waals surface area contributed by atoms with Gasteiger partial charge in [-0.25, -0.2) is 0 Å². The summed E-state index contributed by atoms with van der Waals surface area (Å²) < 4.78 is 37.4. The average molecular weight is 318 g/mol. The molecule has 0 atom stereocenters. The molecular weight excluding hydrogens is 301 g/mol. The molecule has 120 valence electrons. The van der Waals surface area contributed by atoms with E-state index in [-0.39, 0.29) is 5.78 Å². The van der Waals surface area contributed by atoms with Crippen molar-refractivity contribution in [3.8, 4) is 0 Å². The van der Waals surface area contributed by atoms with Gasteiger partial charge in [0, 0.05) is 5.56 Å². The Labute approximate surface area is 133 Å². The summed E-state index contributed by atoms with van der Waals surface area (Å²) in [6, 6.07) is 12.0. The third-order valence-corrected chi connectivity index (χ3v) is 3.53. The third kappa shape index (κ3) is 4.55. The number of carbonyl (C=O) groups excluding carboxylic acids is 1. The molecule has 0 aliphatic heterocycles. The highest BCUT2D eigenvalue weighted by Gasteiger charge is 2.29. The van der Waals surface area contributed by atoms with E-state index in [2.05, 4.69) is 13.8 Å². The number of allylic oxidation sites excluding steroid dienone is 1. The van der Waals surface area contributed by atoms with Crippen LogP contribution in [0, 0.1) is 0 Å². The maximum absolute atomic E-state index is 12.5. The van der Waals surface area contributed by atoms with E-state index in [1.807, 2.05) is 12.1 Å².